The molecule has 1 aliphatic carbocycles. The number of aromatic nitrogens is 4. The molecule has 3 rings (SSSR count). The smallest absolute Gasteiger partial charge is 0.255 e. The molecule has 3 unspecified atom stereocenters. The second-order valence-corrected chi connectivity index (χ2v) is 5.97. The molecule has 0 aromatic carbocycles. The van der Waals surface area contributed by atoms with Gasteiger partial charge in [-0.2, -0.15) is 19.6 Å². The van der Waals surface area contributed by atoms with Gasteiger partial charge in [-0.05, 0) is 31.1 Å². The van der Waals surface area contributed by atoms with Gasteiger partial charge in [-0.25, -0.2) is 0 Å². The number of fused-ring (bicyclic) bond motifs is 1. The summed E-state index contributed by atoms with van der Waals surface area (Å²) in [6.07, 6.45) is 5.20. The summed E-state index contributed by atoms with van der Waals surface area (Å²) in [5, 5.41) is 8.19. The van der Waals surface area contributed by atoms with Crippen molar-refractivity contribution in [1.82, 2.24) is 19.6 Å². The van der Waals surface area contributed by atoms with Gasteiger partial charge in [-0.15, -0.1) is 0 Å². The highest BCUT2D eigenvalue weighted by Gasteiger charge is 2.25. The maximum absolute atomic E-state index is 6.03. The predicted octanol–water partition coefficient (Wildman–Crippen LogP) is 3.01. The monoisotopic (exact) mass is 279 g/mol. The number of anilines is 1. The van der Waals surface area contributed by atoms with E-state index < -0.39 is 0 Å². The minimum absolute atomic E-state index is 0.444. The number of rotatable bonds is 2. The average Bonchev–Trinajstić information content (AvgIpc) is 2.80. The summed E-state index contributed by atoms with van der Waals surface area (Å²) in [4.78, 5) is 8.22. The maximum Gasteiger partial charge on any atom is 0.255 e. The summed E-state index contributed by atoms with van der Waals surface area (Å²) in [6, 6.07) is 2.27. The standard InChI is InChI=1S/C13H18ClN5/c1-8-3-4-10(9(2)5-8)17-12-6-11(14)18-13-15-7-16-19(12)13/h6-10,17H,3-5H2,1-2H3. The van der Waals surface area contributed by atoms with Gasteiger partial charge >= 0.3 is 0 Å². The Bertz CT molecular complexity index is 581. The zero-order valence-electron chi connectivity index (χ0n) is 11.2. The number of halogens is 1. The second-order valence-electron chi connectivity index (χ2n) is 5.58. The molecular weight excluding hydrogens is 262 g/mol. The van der Waals surface area contributed by atoms with Crippen molar-refractivity contribution in [1.29, 1.82) is 0 Å². The van der Waals surface area contributed by atoms with Crippen molar-refractivity contribution in [3.63, 3.8) is 0 Å². The molecule has 2 heterocycles. The van der Waals surface area contributed by atoms with Crippen molar-refractivity contribution in [3.05, 3.63) is 17.5 Å². The SMILES string of the molecule is CC1CCC(Nc2cc(Cl)nc3ncnn23)C(C)C1. The summed E-state index contributed by atoms with van der Waals surface area (Å²) in [5.41, 5.74) is 0. The highest BCUT2D eigenvalue weighted by Crippen LogP contribution is 2.31. The minimum atomic E-state index is 0.444. The zero-order chi connectivity index (χ0) is 13.4. The van der Waals surface area contributed by atoms with Crippen LogP contribution in [0.3, 0.4) is 0 Å². The van der Waals surface area contributed by atoms with E-state index in [1.54, 1.807) is 4.52 Å². The molecule has 2 aromatic heterocycles. The molecule has 0 bridgehead atoms. The first-order valence-corrected chi connectivity index (χ1v) is 7.14. The fourth-order valence-corrected chi connectivity index (χ4v) is 3.13. The molecule has 3 atom stereocenters. The minimum Gasteiger partial charge on any atom is -0.367 e. The van der Waals surface area contributed by atoms with E-state index in [0.29, 0.717) is 22.9 Å². The van der Waals surface area contributed by atoms with E-state index in [1.807, 2.05) is 6.07 Å². The molecule has 1 aliphatic rings. The summed E-state index contributed by atoms with van der Waals surface area (Å²) in [6.45, 7) is 4.63. The van der Waals surface area contributed by atoms with Crippen LogP contribution in [0, 0.1) is 11.8 Å². The third-order valence-corrected chi connectivity index (χ3v) is 4.18. The van der Waals surface area contributed by atoms with Crippen molar-refractivity contribution in [2.45, 2.75) is 39.2 Å². The lowest BCUT2D eigenvalue weighted by molar-refractivity contribution is 0.276. The lowest BCUT2D eigenvalue weighted by Crippen LogP contribution is -2.33. The normalized spacial score (nSPS) is 27.6. The molecule has 0 saturated heterocycles. The molecule has 0 amide bonds. The van der Waals surface area contributed by atoms with Crippen molar-refractivity contribution >= 4 is 23.2 Å². The van der Waals surface area contributed by atoms with E-state index in [9.17, 15) is 0 Å². The zero-order valence-corrected chi connectivity index (χ0v) is 11.9. The molecule has 0 aliphatic heterocycles. The van der Waals surface area contributed by atoms with E-state index in [1.165, 1.54) is 25.6 Å². The van der Waals surface area contributed by atoms with Crippen LogP contribution in [-0.2, 0) is 0 Å². The molecule has 5 nitrogen and oxygen atoms in total. The molecule has 0 radical (unpaired) electrons. The second kappa shape index (κ2) is 4.96. The Hall–Kier alpha value is -1.36. The Morgan fingerprint density at radius 2 is 2.21 bits per heavy atom. The van der Waals surface area contributed by atoms with Crippen molar-refractivity contribution in [3.8, 4) is 0 Å². The van der Waals surface area contributed by atoms with E-state index in [2.05, 4.69) is 34.2 Å². The molecule has 0 spiro atoms. The van der Waals surface area contributed by atoms with E-state index in [-0.39, 0.29) is 0 Å². The fourth-order valence-electron chi connectivity index (χ4n) is 2.96. The quantitative estimate of drug-likeness (QED) is 0.859. The molecule has 1 N–H and O–H groups in total. The van der Waals surface area contributed by atoms with Crippen LogP contribution in [0.1, 0.15) is 33.1 Å². The Kier molecular flexibility index (Phi) is 3.31. The van der Waals surface area contributed by atoms with E-state index in [4.69, 9.17) is 11.6 Å². The van der Waals surface area contributed by atoms with E-state index >= 15 is 0 Å². The van der Waals surface area contributed by atoms with Crippen LogP contribution in [0.25, 0.3) is 5.78 Å². The summed E-state index contributed by atoms with van der Waals surface area (Å²) >= 11 is 6.03. The number of nitrogens with one attached hydrogen (secondary N) is 1. The van der Waals surface area contributed by atoms with Gasteiger partial charge in [0, 0.05) is 12.1 Å². The first kappa shape index (κ1) is 12.7. The average molecular weight is 280 g/mol. The number of hydrogen-bond donors (Lipinski definition) is 1. The van der Waals surface area contributed by atoms with Crippen LogP contribution in [0.15, 0.2) is 12.4 Å². The Balaban J connectivity index is 1.86. The Labute approximate surface area is 117 Å². The topological polar surface area (TPSA) is 55.1 Å². The first-order valence-electron chi connectivity index (χ1n) is 6.76. The summed E-state index contributed by atoms with van der Waals surface area (Å²) in [5.74, 6) is 2.88. The van der Waals surface area contributed by atoms with Gasteiger partial charge in [-0.1, -0.05) is 25.4 Å². The predicted molar refractivity (Wildman–Crippen MR) is 75.4 cm³/mol. The van der Waals surface area contributed by atoms with Gasteiger partial charge < -0.3 is 5.32 Å². The molecule has 102 valence electrons. The largest absolute Gasteiger partial charge is 0.367 e. The third kappa shape index (κ3) is 2.52. The van der Waals surface area contributed by atoms with Crippen molar-refractivity contribution in [2.75, 3.05) is 5.32 Å². The molecule has 6 heteroatoms. The van der Waals surface area contributed by atoms with Gasteiger partial charge in [0.2, 0.25) is 0 Å². The Morgan fingerprint density at radius 1 is 1.37 bits per heavy atom. The van der Waals surface area contributed by atoms with E-state index in [0.717, 1.165) is 11.7 Å². The van der Waals surface area contributed by atoms with Gasteiger partial charge in [0.05, 0.1) is 0 Å². The maximum atomic E-state index is 6.03. The fraction of sp³-hybridized carbons (Fsp3) is 0.615. The molecular formula is C13H18ClN5. The molecule has 19 heavy (non-hydrogen) atoms. The third-order valence-electron chi connectivity index (χ3n) is 3.99. The lowest BCUT2D eigenvalue weighted by atomic mass is 9.80. The molecule has 1 fully saturated rings. The van der Waals surface area contributed by atoms with Crippen LogP contribution in [-0.4, -0.2) is 25.6 Å². The van der Waals surface area contributed by atoms with Crippen LogP contribution in [0.2, 0.25) is 5.15 Å². The highest BCUT2D eigenvalue weighted by atomic mass is 35.5. The van der Waals surface area contributed by atoms with Crippen LogP contribution < -0.4 is 5.32 Å². The van der Waals surface area contributed by atoms with Crippen LogP contribution in [0.4, 0.5) is 5.82 Å². The van der Waals surface area contributed by atoms with Gasteiger partial charge in [0.15, 0.2) is 0 Å². The van der Waals surface area contributed by atoms with Gasteiger partial charge in [-0.3, -0.25) is 0 Å². The van der Waals surface area contributed by atoms with Crippen LogP contribution in [0.5, 0.6) is 0 Å². The van der Waals surface area contributed by atoms with Crippen LogP contribution >= 0.6 is 11.6 Å². The first-order chi connectivity index (χ1) is 9.13. The number of nitrogens with zero attached hydrogens (tertiary/aromatic N) is 4. The number of hydrogen-bond acceptors (Lipinski definition) is 4. The van der Waals surface area contributed by atoms with Crippen molar-refractivity contribution in [2.24, 2.45) is 11.8 Å². The highest BCUT2D eigenvalue weighted by molar-refractivity contribution is 6.29. The van der Waals surface area contributed by atoms with Gasteiger partial charge in [0.25, 0.3) is 5.78 Å². The van der Waals surface area contributed by atoms with Crippen molar-refractivity contribution < 1.29 is 0 Å². The Morgan fingerprint density at radius 3 is 3.00 bits per heavy atom. The molecule has 1 saturated carbocycles. The lowest BCUT2D eigenvalue weighted by Gasteiger charge is -2.33. The summed E-state index contributed by atoms with van der Waals surface area (Å²) in [7, 11) is 0. The molecule has 2 aromatic rings. The summed E-state index contributed by atoms with van der Waals surface area (Å²) < 4.78 is 1.70. The van der Waals surface area contributed by atoms with Gasteiger partial charge in [0.1, 0.15) is 17.3 Å².